The van der Waals surface area contributed by atoms with Crippen LogP contribution in [0.4, 0.5) is 26.3 Å². The van der Waals surface area contributed by atoms with Gasteiger partial charge in [0.2, 0.25) is 0 Å². The molecule has 8 nitrogen and oxygen atoms in total. The smallest absolute Gasteiger partial charge is 0.475 e. The van der Waals surface area contributed by atoms with E-state index in [2.05, 4.69) is 26.6 Å². The SMILES string of the molecule is O=C(O)C(F)(F)F.O=C(O)C(F)(F)F.c1cc(CN2C[C@@H]3CCCO[C@@H]3[C@H](N3CCOCC3)C2)cs1. The summed E-state index contributed by atoms with van der Waals surface area (Å²) in [4.78, 5) is 23.1. The van der Waals surface area contributed by atoms with E-state index in [0.717, 1.165) is 46.0 Å². The van der Waals surface area contributed by atoms with Crippen molar-refractivity contribution in [2.24, 2.45) is 5.92 Å². The number of rotatable bonds is 3. The van der Waals surface area contributed by atoms with Gasteiger partial charge in [-0.3, -0.25) is 9.80 Å². The van der Waals surface area contributed by atoms with E-state index in [1.165, 1.54) is 24.9 Å². The van der Waals surface area contributed by atoms with Crippen molar-refractivity contribution in [2.75, 3.05) is 46.0 Å². The van der Waals surface area contributed by atoms with Crippen molar-refractivity contribution >= 4 is 23.3 Å². The van der Waals surface area contributed by atoms with E-state index in [4.69, 9.17) is 29.3 Å². The molecule has 0 spiro atoms. The third kappa shape index (κ3) is 9.84. The normalized spacial score (nSPS) is 25.4. The van der Waals surface area contributed by atoms with E-state index >= 15 is 0 Å². The standard InChI is InChI=1S/C17H26N2O2S.2C2HF3O2/c1-2-15-11-18(10-14-3-9-22-13-14)12-16(17(15)21-6-1)19-4-7-20-8-5-19;2*3-2(4,5)1(6)7/h3,9,13,15-17H,1-2,4-8,10-12H2;2*(H,6,7)/t15-,16+,17-;;/m0../s1. The lowest BCUT2D eigenvalue weighted by Gasteiger charge is -2.50. The zero-order valence-electron chi connectivity index (χ0n) is 19.1. The fourth-order valence-corrected chi connectivity index (χ4v) is 4.92. The Labute approximate surface area is 207 Å². The maximum atomic E-state index is 10.6. The maximum Gasteiger partial charge on any atom is 0.490 e. The lowest BCUT2D eigenvalue weighted by molar-refractivity contribution is -0.193. The number of alkyl halides is 6. The van der Waals surface area contributed by atoms with Gasteiger partial charge in [0.1, 0.15) is 0 Å². The molecule has 36 heavy (non-hydrogen) atoms. The van der Waals surface area contributed by atoms with Crippen molar-refractivity contribution in [3.05, 3.63) is 22.4 Å². The number of likely N-dealkylation sites (tertiary alicyclic amines) is 1. The minimum absolute atomic E-state index is 0.436. The minimum Gasteiger partial charge on any atom is -0.475 e. The van der Waals surface area contributed by atoms with Gasteiger partial charge < -0.3 is 19.7 Å². The Morgan fingerprint density at radius 3 is 2.08 bits per heavy atom. The molecule has 0 aromatic carbocycles. The number of nitrogens with zero attached hydrogens (tertiary/aromatic N) is 2. The summed E-state index contributed by atoms with van der Waals surface area (Å²) in [6.07, 6.45) is -7.18. The van der Waals surface area contributed by atoms with Gasteiger partial charge in [-0.15, -0.1) is 0 Å². The molecule has 1 aromatic heterocycles. The Balaban J connectivity index is 0.000000271. The van der Waals surface area contributed by atoms with Crippen LogP contribution in [-0.2, 0) is 25.6 Å². The molecule has 15 heteroatoms. The Kier molecular flexibility index (Phi) is 11.4. The van der Waals surface area contributed by atoms with Gasteiger partial charge in [-0.1, -0.05) is 0 Å². The molecule has 3 saturated heterocycles. The number of aliphatic carboxylic acids is 2. The molecule has 1 aromatic rings. The summed E-state index contributed by atoms with van der Waals surface area (Å²) in [6.45, 7) is 8.24. The van der Waals surface area contributed by atoms with Gasteiger partial charge in [0, 0.05) is 45.4 Å². The third-order valence-electron chi connectivity index (χ3n) is 5.80. The number of hydrogen-bond donors (Lipinski definition) is 2. The predicted molar refractivity (Wildman–Crippen MR) is 116 cm³/mol. The monoisotopic (exact) mass is 550 g/mol. The van der Waals surface area contributed by atoms with E-state index in [1.54, 1.807) is 11.3 Å². The molecule has 0 radical (unpaired) electrons. The van der Waals surface area contributed by atoms with Gasteiger partial charge in [0.25, 0.3) is 0 Å². The predicted octanol–water partition coefficient (Wildman–Crippen LogP) is 3.33. The zero-order valence-corrected chi connectivity index (χ0v) is 19.9. The van der Waals surface area contributed by atoms with Gasteiger partial charge in [0.05, 0.1) is 19.3 Å². The second-order valence-corrected chi connectivity index (χ2v) is 9.16. The summed E-state index contributed by atoms with van der Waals surface area (Å²) < 4.78 is 75.2. The molecular weight excluding hydrogens is 522 g/mol. The van der Waals surface area contributed by atoms with E-state index in [0.29, 0.717) is 18.1 Å². The van der Waals surface area contributed by atoms with Crippen LogP contribution in [0.25, 0.3) is 0 Å². The van der Waals surface area contributed by atoms with Gasteiger partial charge in [-0.25, -0.2) is 9.59 Å². The number of carboxylic acids is 2. The summed E-state index contributed by atoms with van der Waals surface area (Å²) >= 11 is 1.80. The second-order valence-electron chi connectivity index (χ2n) is 8.38. The molecular formula is C21H28F6N2O6S. The van der Waals surface area contributed by atoms with Crippen molar-refractivity contribution < 1.29 is 55.6 Å². The lowest BCUT2D eigenvalue weighted by Crippen LogP contribution is -2.62. The van der Waals surface area contributed by atoms with Crippen LogP contribution in [0.5, 0.6) is 0 Å². The fourth-order valence-electron chi connectivity index (χ4n) is 4.26. The minimum atomic E-state index is -5.08. The Hall–Kier alpha value is -1.94. The number of hydrogen-bond acceptors (Lipinski definition) is 7. The Bertz CT molecular complexity index is 793. The lowest BCUT2D eigenvalue weighted by atomic mass is 9.84. The van der Waals surface area contributed by atoms with Crippen molar-refractivity contribution in [1.82, 2.24) is 9.80 Å². The van der Waals surface area contributed by atoms with E-state index in [9.17, 15) is 26.3 Å². The van der Waals surface area contributed by atoms with Gasteiger partial charge in [0.15, 0.2) is 0 Å². The average molecular weight is 551 g/mol. The van der Waals surface area contributed by atoms with Crippen LogP contribution in [0.15, 0.2) is 16.8 Å². The molecule has 3 fully saturated rings. The molecule has 3 aliphatic heterocycles. The molecule has 0 aliphatic carbocycles. The molecule has 0 amide bonds. The van der Waals surface area contributed by atoms with Crippen molar-refractivity contribution in [3.8, 4) is 0 Å². The van der Waals surface area contributed by atoms with Crippen molar-refractivity contribution in [2.45, 2.75) is 43.9 Å². The van der Waals surface area contributed by atoms with Crippen LogP contribution < -0.4 is 0 Å². The first-order chi connectivity index (χ1) is 16.8. The summed E-state index contributed by atoms with van der Waals surface area (Å²) in [6, 6.07) is 2.80. The Morgan fingerprint density at radius 1 is 1.00 bits per heavy atom. The van der Waals surface area contributed by atoms with Crippen LogP contribution in [-0.4, -0.2) is 102 Å². The number of fused-ring (bicyclic) bond motifs is 1. The Morgan fingerprint density at radius 2 is 1.58 bits per heavy atom. The number of carboxylic acid groups (broad SMARTS) is 2. The highest BCUT2D eigenvalue weighted by molar-refractivity contribution is 7.07. The quantitative estimate of drug-likeness (QED) is 0.554. The van der Waals surface area contributed by atoms with Crippen molar-refractivity contribution in [1.29, 1.82) is 0 Å². The van der Waals surface area contributed by atoms with Crippen molar-refractivity contribution in [3.63, 3.8) is 0 Å². The number of carbonyl (C=O) groups is 2. The third-order valence-corrected chi connectivity index (χ3v) is 6.53. The van der Waals surface area contributed by atoms with Crippen LogP contribution in [0, 0.1) is 5.92 Å². The second kappa shape index (κ2) is 13.6. The zero-order chi connectivity index (χ0) is 26.9. The molecule has 0 unspecified atom stereocenters. The number of morpholine rings is 1. The van der Waals surface area contributed by atoms with Crippen LogP contribution in [0.1, 0.15) is 18.4 Å². The summed E-state index contributed by atoms with van der Waals surface area (Å²) in [5.74, 6) is -4.81. The molecule has 2 N–H and O–H groups in total. The van der Waals surface area contributed by atoms with Crippen LogP contribution >= 0.6 is 11.3 Å². The van der Waals surface area contributed by atoms with E-state index in [-0.39, 0.29) is 0 Å². The number of halogens is 6. The highest BCUT2D eigenvalue weighted by atomic mass is 32.1. The van der Waals surface area contributed by atoms with E-state index < -0.39 is 24.3 Å². The highest BCUT2D eigenvalue weighted by Crippen LogP contribution is 2.32. The first-order valence-electron chi connectivity index (χ1n) is 11.1. The highest BCUT2D eigenvalue weighted by Gasteiger charge is 2.42. The largest absolute Gasteiger partial charge is 0.490 e. The molecule has 206 valence electrons. The fraction of sp³-hybridized carbons (Fsp3) is 0.714. The van der Waals surface area contributed by atoms with Crippen LogP contribution in [0.2, 0.25) is 0 Å². The van der Waals surface area contributed by atoms with Gasteiger partial charge in [-0.2, -0.15) is 37.7 Å². The summed E-state index contributed by atoms with van der Waals surface area (Å²) in [5.41, 5.74) is 1.46. The first kappa shape index (κ1) is 30.3. The maximum absolute atomic E-state index is 10.6. The average Bonchev–Trinajstić information content (AvgIpc) is 3.32. The van der Waals surface area contributed by atoms with Gasteiger partial charge in [-0.05, 0) is 41.1 Å². The summed E-state index contributed by atoms with van der Waals surface area (Å²) in [7, 11) is 0. The first-order valence-corrected chi connectivity index (χ1v) is 12.0. The van der Waals surface area contributed by atoms with Crippen LogP contribution in [0.3, 0.4) is 0 Å². The molecule has 0 saturated carbocycles. The summed E-state index contributed by atoms with van der Waals surface area (Å²) in [5, 5.41) is 18.7. The molecule has 0 bridgehead atoms. The topological polar surface area (TPSA) is 99.5 Å². The number of ether oxygens (including phenoxy) is 2. The molecule has 3 aliphatic rings. The molecule has 4 heterocycles. The number of piperidine rings is 1. The number of thiophene rings is 1. The van der Waals surface area contributed by atoms with E-state index in [1.807, 2.05) is 0 Å². The van der Waals surface area contributed by atoms with Gasteiger partial charge >= 0.3 is 24.3 Å². The molecule has 3 atom stereocenters. The molecule has 4 rings (SSSR count).